The van der Waals surface area contributed by atoms with Crippen LogP contribution in [0.15, 0.2) is 99.7 Å². The van der Waals surface area contributed by atoms with Crippen LogP contribution in [0.2, 0.25) is 0 Å². The summed E-state index contributed by atoms with van der Waals surface area (Å²) < 4.78 is 49.6. The number of hydrogen-bond donors (Lipinski definition) is 1. The standard InChI is InChI=1S/C28H26N2O5S2/c1-20-11-14-23(15-12-20)37(32,33)35-18-6-17-34-22-13-16-26-25(19-22)28(30-29-26)36(2,31)27-10-5-8-21-7-3-4-9-24(21)27/h3-5,7-16,19H,2,6,17-18H2,1H3,(H,29,30). The Bertz CT molecular complexity index is 1790. The summed E-state index contributed by atoms with van der Waals surface area (Å²) in [6.45, 7) is 2.12. The second kappa shape index (κ2) is 10.0. The third kappa shape index (κ3) is 5.11. The first-order chi connectivity index (χ1) is 17.8. The van der Waals surface area contributed by atoms with Gasteiger partial charge in [0.05, 0.1) is 23.6 Å². The van der Waals surface area contributed by atoms with Crippen molar-refractivity contribution in [2.45, 2.75) is 28.2 Å². The van der Waals surface area contributed by atoms with E-state index in [1.165, 1.54) is 12.1 Å². The van der Waals surface area contributed by atoms with Crippen LogP contribution >= 0.6 is 0 Å². The van der Waals surface area contributed by atoms with Crippen LogP contribution < -0.4 is 4.74 Å². The van der Waals surface area contributed by atoms with Crippen molar-refractivity contribution in [1.29, 1.82) is 0 Å². The maximum atomic E-state index is 14.0. The van der Waals surface area contributed by atoms with Crippen molar-refractivity contribution in [2.75, 3.05) is 13.2 Å². The molecule has 190 valence electrons. The SMILES string of the molecule is C=S(=O)(c1cccc2ccccc12)c1[nH]nc2ccc(OCCCOS(=O)(=O)c3ccc(C)cc3)cc12. The molecule has 0 saturated carbocycles. The van der Waals surface area contributed by atoms with Crippen LogP contribution in [0.25, 0.3) is 21.7 Å². The molecule has 0 radical (unpaired) electrons. The molecule has 1 aromatic heterocycles. The van der Waals surface area contributed by atoms with E-state index >= 15 is 0 Å². The van der Waals surface area contributed by atoms with Crippen LogP contribution in [0.3, 0.4) is 0 Å². The smallest absolute Gasteiger partial charge is 0.296 e. The first kappa shape index (κ1) is 25.0. The van der Waals surface area contributed by atoms with Gasteiger partial charge in [-0.2, -0.15) is 13.5 Å². The lowest BCUT2D eigenvalue weighted by Crippen LogP contribution is -2.10. The van der Waals surface area contributed by atoms with E-state index in [2.05, 4.69) is 16.1 Å². The second-order valence-electron chi connectivity index (χ2n) is 8.68. The number of hydrogen-bond acceptors (Lipinski definition) is 6. The average molecular weight is 535 g/mol. The van der Waals surface area contributed by atoms with Crippen LogP contribution in [0, 0.1) is 6.92 Å². The first-order valence-corrected chi connectivity index (χ1v) is 14.8. The molecule has 0 bridgehead atoms. The van der Waals surface area contributed by atoms with Gasteiger partial charge in [-0.05, 0) is 60.0 Å². The van der Waals surface area contributed by atoms with Crippen molar-refractivity contribution in [3.8, 4) is 5.75 Å². The van der Waals surface area contributed by atoms with Gasteiger partial charge in [-0.3, -0.25) is 13.5 Å². The Labute approximate surface area is 216 Å². The lowest BCUT2D eigenvalue weighted by Gasteiger charge is -2.12. The number of nitrogens with one attached hydrogen (secondary N) is 1. The largest absolute Gasteiger partial charge is 0.493 e. The third-order valence-electron chi connectivity index (χ3n) is 6.03. The number of ether oxygens (including phenoxy) is 1. The zero-order valence-corrected chi connectivity index (χ0v) is 21.8. The Balaban J connectivity index is 1.29. The van der Waals surface area contributed by atoms with Gasteiger partial charge in [0.25, 0.3) is 10.1 Å². The molecule has 0 fully saturated rings. The van der Waals surface area contributed by atoms with Crippen LogP contribution in [-0.4, -0.2) is 41.9 Å². The van der Waals surface area contributed by atoms with E-state index in [9.17, 15) is 12.6 Å². The molecule has 1 heterocycles. The molecule has 7 nitrogen and oxygen atoms in total. The molecule has 1 atom stereocenters. The molecule has 0 saturated heterocycles. The lowest BCUT2D eigenvalue weighted by atomic mass is 10.1. The molecular formula is C28H26N2O5S2. The minimum Gasteiger partial charge on any atom is -0.493 e. The number of rotatable bonds is 9. The first-order valence-electron chi connectivity index (χ1n) is 11.7. The fourth-order valence-corrected chi connectivity index (χ4v) is 6.80. The predicted molar refractivity (Wildman–Crippen MR) is 146 cm³/mol. The van der Waals surface area contributed by atoms with Crippen LogP contribution in [0.4, 0.5) is 0 Å². The number of benzene rings is 4. The summed E-state index contributed by atoms with van der Waals surface area (Å²) in [6.07, 6.45) is 0.365. The van der Waals surface area contributed by atoms with Gasteiger partial charge in [0, 0.05) is 26.2 Å². The van der Waals surface area contributed by atoms with Crippen molar-refractivity contribution in [1.82, 2.24) is 10.2 Å². The lowest BCUT2D eigenvalue weighted by molar-refractivity contribution is 0.251. The van der Waals surface area contributed by atoms with Crippen molar-refractivity contribution < 1.29 is 21.5 Å². The molecule has 4 aromatic carbocycles. The predicted octanol–water partition coefficient (Wildman–Crippen LogP) is 5.33. The van der Waals surface area contributed by atoms with E-state index < -0.39 is 19.6 Å². The van der Waals surface area contributed by atoms with Crippen molar-refractivity contribution in [2.24, 2.45) is 0 Å². The molecule has 0 amide bonds. The van der Waals surface area contributed by atoms with E-state index in [0.29, 0.717) is 33.0 Å². The summed E-state index contributed by atoms with van der Waals surface area (Å²) in [7, 11) is -6.71. The van der Waals surface area contributed by atoms with Crippen molar-refractivity contribution in [3.05, 3.63) is 90.5 Å². The number of aryl methyl sites for hydroxylation is 1. The van der Waals surface area contributed by atoms with Gasteiger partial charge < -0.3 is 4.74 Å². The highest BCUT2D eigenvalue weighted by atomic mass is 32.2. The number of nitrogens with zero attached hydrogens (tertiary/aromatic N) is 1. The normalized spacial score (nSPS) is 13.5. The van der Waals surface area contributed by atoms with E-state index in [1.807, 2.05) is 49.4 Å². The number of H-pyrrole nitrogens is 1. The zero-order valence-electron chi connectivity index (χ0n) is 20.2. The van der Waals surface area contributed by atoms with E-state index in [1.54, 1.807) is 30.3 Å². The maximum absolute atomic E-state index is 14.0. The molecule has 0 aliphatic rings. The van der Waals surface area contributed by atoms with Gasteiger partial charge in [-0.25, -0.2) is 0 Å². The minimum absolute atomic E-state index is 0.0107. The van der Waals surface area contributed by atoms with E-state index in [-0.39, 0.29) is 18.1 Å². The van der Waals surface area contributed by atoms with Gasteiger partial charge in [0.2, 0.25) is 0 Å². The molecule has 0 aliphatic heterocycles. The highest BCUT2D eigenvalue weighted by Gasteiger charge is 2.20. The maximum Gasteiger partial charge on any atom is 0.296 e. The van der Waals surface area contributed by atoms with Gasteiger partial charge >= 0.3 is 0 Å². The van der Waals surface area contributed by atoms with Crippen molar-refractivity contribution in [3.63, 3.8) is 0 Å². The molecule has 5 aromatic rings. The topological polar surface area (TPSA) is 98.3 Å². The summed E-state index contributed by atoms with van der Waals surface area (Å²) in [5.74, 6) is 4.64. The Kier molecular flexibility index (Phi) is 6.76. The number of aromatic nitrogens is 2. The molecule has 5 rings (SSSR count). The molecule has 1 unspecified atom stereocenters. The van der Waals surface area contributed by atoms with Gasteiger partial charge in [-0.15, -0.1) is 0 Å². The Morgan fingerprint density at radius 1 is 0.865 bits per heavy atom. The second-order valence-corrected chi connectivity index (χ2v) is 12.5. The summed E-state index contributed by atoms with van der Waals surface area (Å²) >= 11 is 0. The summed E-state index contributed by atoms with van der Waals surface area (Å²) in [4.78, 5) is 0.759. The van der Waals surface area contributed by atoms with Gasteiger partial charge in [0.1, 0.15) is 10.8 Å². The molecule has 0 spiro atoms. The van der Waals surface area contributed by atoms with Crippen LogP contribution in [-0.2, 0) is 23.8 Å². The molecular weight excluding hydrogens is 508 g/mol. The van der Waals surface area contributed by atoms with Crippen LogP contribution in [0.5, 0.6) is 5.75 Å². The number of fused-ring (bicyclic) bond motifs is 2. The summed E-state index contributed by atoms with van der Waals surface area (Å²) in [6, 6.07) is 25.3. The third-order valence-corrected chi connectivity index (χ3v) is 9.39. The Morgan fingerprint density at radius 2 is 1.62 bits per heavy atom. The minimum atomic E-state index is -3.81. The Morgan fingerprint density at radius 3 is 2.43 bits per heavy atom. The molecule has 0 aliphatic carbocycles. The highest BCUT2D eigenvalue weighted by molar-refractivity contribution is 8.00. The zero-order chi connectivity index (χ0) is 26.0. The van der Waals surface area contributed by atoms with E-state index in [4.69, 9.17) is 8.92 Å². The number of aromatic amines is 1. The fraction of sp³-hybridized carbons (Fsp3) is 0.143. The highest BCUT2D eigenvalue weighted by Crippen LogP contribution is 2.32. The Hall–Kier alpha value is -3.66. The van der Waals surface area contributed by atoms with Gasteiger partial charge in [-0.1, -0.05) is 54.1 Å². The fourth-order valence-electron chi connectivity index (χ4n) is 4.09. The summed E-state index contributed by atoms with van der Waals surface area (Å²) in [5.41, 5.74) is 1.61. The van der Waals surface area contributed by atoms with Crippen LogP contribution in [0.1, 0.15) is 12.0 Å². The summed E-state index contributed by atoms with van der Waals surface area (Å²) in [5, 5.41) is 10.2. The molecule has 9 heteroatoms. The molecule has 1 N–H and O–H groups in total. The van der Waals surface area contributed by atoms with Gasteiger partial charge in [0.15, 0.2) is 0 Å². The molecule has 37 heavy (non-hydrogen) atoms. The quantitative estimate of drug-likeness (QED) is 0.156. The van der Waals surface area contributed by atoms with E-state index in [0.717, 1.165) is 16.3 Å². The van der Waals surface area contributed by atoms with Crippen molar-refractivity contribution >= 4 is 47.2 Å². The monoisotopic (exact) mass is 534 g/mol. The average Bonchev–Trinajstić information content (AvgIpc) is 3.32.